The van der Waals surface area contributed by atoms with Gasteiger partial charge >= 0.3 is 12.1 Å². The van der Waals surface area contributed by atoms with Crippen LogP contribution in [0.5, 0.6) is 0 Å². The summed E-state index contributed by atoms with van der Waals surface area (Å²) in [6, 6.07) is 6.51. The molecule has 27 heavy (non-hydrogen) atoms. The highest BCUT2D eigenvalue weighted by Crippen LogP contribution is 2.19. The average molecular weight is 373 g/mol. The summed E-state index contributed by atoms with van der Waals surface area (Å²) >= 11 is 0. The number of piperidine rings is 1. The Morgan fingerprint density at radius 3 is 2.67 bits per heavy atom. The molecule has 1 atom stereocenters. The lowest BCUT2D eigenvalue weighted by molar-refractivity contribution is 0.0683. The highest BCUT2D eigenvalue weighted by atomic mass is 16.2. The third-order valence-electron chi connectivity index (χ3n) is 4.95. The van der Waals surface area contributed by atoms with Crippen LogP contribution in [0.2, 0.25) is 0 Å². The summed E-state index contributed by atoms with van der Waals surface area (Å²) in [4.78, 5) is 39.5. The predicted molar refractivity (Wildman–Crippen MR) is 103 cm³/mol. The quantitative estimate of drug-likeness (QED) is 0.733. The van der Waals surface area contributed by atoms with E-state index in [4.69, 9.17) is 0 Å². The van der Waals surface area contributed by atoms with Crippen LogP contribution >= 0.6 is 0 Å². The highest BCUT2D eigenvalue weighted by molar-refractivity contribution is 5.95. The lowest BCUT2D eigenvalue weighted by Crippen LogP contribution is -2.39. The molecule has 5 amide bonds. The van der Waals surface area contributed by atoms with Crippen LogP contribution in [0, 0.1) is 5.92 Å². The molecule has 1 aromatic carbocycles. The molecule has 8 heteroatoms. The van der Waals surface area contributed by atoms with Gasteiger partial charge in [-0.25, -0.2) is 9.59 Å². The summed E-state index contributed by atoms with van der Waals surface area (Å²) in [6.45, 7) is 5.93. The highest BCUT2D eigenvalue weighted by Gasteiger charge is 2.22. The molecule has 8 nitrogen and oxygen atoms in total. The third kappa shape index (κ3) is 5.12. The molecule has 0 saturated carbocycles. The molecule has 2 fully saturated rings. The van der Waals surface area contributed by atoms with E-state index < -0.39 is 0 Å². The molecule has 2 saturated heterocycles. The molecule has 2 aliphatic heterocycles. The van der Waals surface area contributed by atoms with Gasteiger partial charge in [0, 0.05) is 50.5 Å². The fourth-order valence-corrected chi connectivity index (χ4v) is 3.46. The van der Waals surface area contributed by atoms with Gasteiger partial charge in [0.15, 0.2) is 0 Å². The molecule has 0 radical (unpaired) electrons. The first-order valence-electron chi connectivity index (χ1n) is 9.50. The van der Waals surface area contributed by atoms with Gasteiger partial charge in [-0.05, 0) is 43.0 Å². The number of amides is 5. The van der Waals surface area contributed by atoms with Gasteiger partial charge in [-0.3, -0.25) is 4.79 Å². The van der Waals surface area contributed by atoms with Crippen LogP contribution in [-0.2, 0) is 0 Å². The first-order chi connectivity index (χ1) is 13.0. The molecule has 0 aromatic heterocycles. The van der Waals surface area contributed by atoms with Gasteiger partial charge in [-0.15, -0.1) is 0 Å². The molecule has 1 aromatic rings. The van der Waals surface area contributed by atoms with Crippen LogP contribution in [0.4, 0.5) is 15.3 Å². The maximum Gasteiger partial charge on any atom is 0.319 e. The predicted octanol–water partition coefficient (Wildman–Crippen LogP) is 1.71. The smallest absolute Gasteiger partial charge is 0.319 e. The summed E-state index contributed by atoms with van der Waals surface area (Å²) in [5.74, 6) is 0.584. The SMILES string of the molecule is C[C@@H]1CCCN(C(=O)c2ccc(NC(=O)NCCN3CCNC3=O)cc2)C1. The lowest BCUT2D eigenvalue weighted by atomic mass is 9.99. The van der Waals surface area contributed by atoms with Crippen molar-refractivity contribution in [1.29, 1.82) is 0 Å². The number of hydrogen-bond donors (Lipinski definition) is 3. The Labute approximate surface area is 159 Å². The fraction of sp³-hybridized carbons (Fsp3) is 0.526. The van der Waals surface area contributed by atoms with Crippen molar-refractivity contribution in [2.24, 2.45) is 5.92 Å². The van der Waals surface area contributed by atoms with E-state index in [1.165, 1.54) is 6.42 Å². The number of anilines is 1. The Balaban J connectivity index is 1.44. The summed E-state index contributed by atoms with van der Waals surface area (Å²) in [5, 5.41) is 8.18. The van der Waals surface area contributed by atoms with Crippen LogP contribution in [0.25, 0.3) is 0 Å². The number of nitrogens with zero attached hydrogens (tertiary/aromatic N) is 2. The second-order valence-corrected chi connectivity index (χ2v) is 7.18. The Morgan fingerprint density at radius 2 is 2.00 bits per heavy atom. The van der Waals surface area contributed by atoms with Crippen LogP contribution < -0.4 is 16.0 Å². The number of carbonyl (C=O) groups excluding carboxylic acids is 3. The maximum absolute atomic E-state index is 12.6. The molecular formula is C19H27N5O3. The Kier molecular flexibility index (Phi) is 6.16. The first-order valence-corrected chi connectivity index (χ1v) is 9.50. The number of benzene rings is 1. The van der Waals surface area contributed by atoms with Gasteiger partial charge in [0.2, 0.25) is 0 Å². The van der Waals surface area contributed by atoms with Crippen LogP contribution in [-0.4, -0.2) is 67.0 Å². The van der Waals surface area contributed by atoms with Crippen molar-refractivity contribution in [3.63, 3.8) is 0 Å². The van der Waals surface area contributed by atoms with E-state index in [2.05, 4.69) is 22.9 Å². The third-order valence-corrected chi connectivity index (χ3v) is 4.95. The van der Waals surface area contributed by atoms with Crippen molar-refractivity contribution in [3.8, 4) is 0 Å². The fourth-order valence-electron chi connectivity index (χ4n) is 3.46. The zero-order valence-electron chi connectivity index (χ0n) is 15.7. The number of nitrogens with one attached hydrogen (secondary N) is 3. The average Bonchev–Trinajstić information content (AvgIpc) is 3.07. The van der Waals surface area contributed by atoms with Gasteiger partial charge in [0.25, 0.3) is 5.91 Å². The summed E-state index contributed by atoms with van der Waals surface area (Å²) < 4.78 is 0. The zero-order chi connectivity index (χ0) is 19.2. The standard InChI is InChI=1S/C19H27N5O3/c1-14-3-2-10-24(13-14)17(25)15-4-6-16(7-5-15)22-18(26)20-8-11-23-12-9-21-19(23)27/h4-7,14H,2-3,8-13H2,1H3,(H,21,27)(H2,20,22,26)/t14-/m1/s1. The van der Waals surface area contributed by atoms with E-state index in [0.717, 1.165) is 19.5 Å². The molecule has 2 heterocycles. The number of likely N-dealkylation sites (tertiary alicyclic amines) is 1. The van der Waals surface area contributed by atoms with Crippen molar-refractivity contribution in [3.05, 3.63) is 29.8 Å². The van der Waals surface area contributed by atoms with Gasteiger partial charge in [0.05, 0.1) is 0 Å². The molecule has 2 aliphatic rings. The summed E-state index contributed by atoms with van der Waals surface area (Å²) in [6.07, 6.45) is 2.22. The Morgan fingerprint density at radius 1 is 1.22 bits per heavy atom. The van der Waals surface area contributed by atoms with Crippen molar-refractivity contribution >= 4 is 23.7 Å². The second kappa shape index (κ2) is 8.75. The van der Waals surface area contributed by atoms with Crippen LogP contribution in [0.1, 0.15) is 30.1 Å². The second-order valence-electron chi connectivity index (χ2n) is 7.18. The van der Waals surface area contributed by atoms with Crippen molar-refractivity contribution in [1.82, 2.24) is 20.4 Å². The van der Waals surface area contributed by atoms with E-state index in [-0.39, 0.29) is 18.0 Å². The molecule has 0 spiro atoms. The van der Waals surface area contributed by atoms with Crippen LogP contribution in [0.3, 0.4) is 0 Å². The molecule has 0 bridgehead atoms. The number of rotatable bonds is 5. The van der Waals surface area contributed by atoms with Gasteiger partial charge in [0.1, 0.15) is 0 Å². The van der Waals surface area contributed by atoms with E-state index in [1.54, 1.807) is 29.2 Å². The van der Waals surface area contributed by atoms with E-state index in [9.17, 15) is 14.4 Å². The molecular weight excluding hydrogens is 346 g/mol. The van der Waals surface area contributed by atoms with Crippen molar-refractivity contribution in [2.45, 2.75) is 19.8 Å². The molecule has 146 valence electrons. The van der Waals surface area contributed by atoms with Crippen LogP contribution in [0.15, 0.2) is 24.3 Å². The molecule has 0 aliphatic carbocycles. The number of urea groups is 2. The normalized spacial score (nSPS) is 19.6. The topological polar surface area (TPSA) is 93.8 Å². The lowest BCUT2D eigenvalue weighted by Gasteiger charge is -2.31. The largest absolute Gasteiger partial charge is 0.338 e. The minimum absolute atomic E-state index is 0.0430. The Hall–Kier alpha value is -2.77. The maximum atomic E-state index is 12.6. The number of hydrogen-bond acceptors (Lipinski definition) is 3. The molecule has 0 unspecified atom stereocenters. The summed E-state index contributed by atoms with van der Waals surface area (Å²) in [7, 11) is 0. The number of carbonyl (C=O) groups is 3. The first kappa shape index (κ1) is 19.0. The van der Waals surface area contributed by atoms with Gasteiger partial charge in [-0.1, -0.05) is 6.92 Å². The Bertz CT molecular complexity index is 691. The molecule has 3 rings (SSSR count). The zero-order valence-corrected chi connectivity index (χ0v) is 15.7. The minimum Gasteiger partial charge on any atom is -0.338 e. The minimum atomic E-state index is -0.335. The molecule has 3 N–H and O–H groups in total. The van der Waals surface area contributed by atoms with Crippen molar-refractivity contribution < 1.29 is 14.4 Å². The van der Waals surface area contributed by atoms with E-state index in [1.807, 2.05) is 4.90 Å². The van der Waals surface area contributed by atoms with E-state index >= 15 is 0 Å². The summed E-state index contributed by atoms with van der Waals surface area (Å²) in [5.41, 5.74) is 1.25. The monoisotopic (exact) mass is 373 g/mol. The van der Waals surface area contributed by atoms with Gasteiger partial charge in [-0.2, -0.15) is 0 Å². The van der Waals surface area contributed by atoms with E-state index in [0.29, 0.717) is 43.3 Å². The van der Waals surface area contributed by atoms with Gasteiger partial charge < -0.3 is 25.8 Å². The van der Waals surface area contributed by atoms with Crippen molar-refractivity contribution in [2.75, 3.05) is 44.6 Å².